The second kappa shape index (κ2) is 10.6. The quantitative estimate of drug-likeness (QED) is 0.229. The molecule has 0 fully saturated rings. The third-order valence-electron chi connectivity index (χ3n) is 6.41. The van der Waals surface area contributed by atoms with E-state index in [9.17, 15) is 4.79 Å². The van der Waals surface area contributed by atoms with Gasteiger partial charge in [0.15, 0.2) is 0 Å². The highest BCUT2D eigenvalue weighted by Gasteiger charge is 2.22. The van der Waals surface area contributed by atoms with Crippen molar-refractivity contribution in [3.05, 3.63) is 79.0 Å². The molecule has 2 N–H and O–H groups in total. The summed E-state index contributed by atoms with van der Waals surface area (Å²) >= 11 is 0. The van der Waals surface area contributed by atoms with Crippen molar-refractivity contribution < 1.29 is 9.21 Å². The Morgan fingerprint density at radius 1 is 0.912 bits per heavy atom. The van der Waals surface area contributed by atoms with Crippen LogP contribution in [0.3, 0.4) is 0 Å². The van der Waals surface area contributed by atoms with Crippen molar-refractivity contribution in [3.63, 3.8) is 0 Å². The van der Waals surface area contributed by atoms with E-state index in [1.54, 1.807) is 6.07 Å². The van der Waals surface area contributed by atoms with Crippen LogP contribution in [0, 0.1) is 7.43 Å². The summed E-state index contributed by atoms with van der Waals surface area (Å²) < 4.78 is 8.79. The van der Waals surface area contributed by atoms with Crippen LogP contribution in [0.4, 0.5) is 5.69 Å². The zero-order valence-electron chi connectivity index (χ0n) is 20.9. The van der Waals surface area contributed by atoms with Crippen molar-refractivity contribution in [1.82, 2.24) is 4.58 Å². The van der Waals surface area contributed by atoms with E-state index in [1.165, 1.54) is 0 Å². The van der Waals surface area contributed by atoms with Gasteiger partial charge in [0.05, 0.1) is 6.07 Å². The molecule has 5 nitrogen and oxygen atoms in total. The molecule has 1 aliphatic heterocycles. The molecule has 178 valence electrons. The molecule has 4 rings (SSSR count). The fourth-order valence-electron chi connectivity index (χ4n) is 4.64. The highest BCUT2D eigenvalue weighted by atomic mass is 16.3. The smallest absolute Gasteiger partial charge is 0.249 e. The first-order valence-electron chi connectivity index (χ1n) is 11.7. The van der Waals surface area contributed by atoms with Crippen LogP contribution >= 0.6 is 0 Å². The summed E-state index contributed by atoms with van der Waals surface area (Å²) in [5.74, 6) is 0.352. The van der Waals surface area contributed by atoms with Crippen LogP contribution < -0.4 is 20.6 Å². The first kappa shape index (κ1) is 25.0. The third kappa shape index (κ3) is 4.43. The van der Waals surface area contributed by atoms with Crippen molar-refractivity contribution >= 4 is 22.6 Å². The van der Waals surface area contributed by atoms with Gasteiger partial charge in [0.25, 0.3) is 0 Å². The number of fused-ring (bicyclic) bond motifs is 2. The lowest BCUT2D eigenvalue weighted by atomic mass is 9.90. The molecule has 0 unspecified atom stereocenters. The lowest BCUT2D eigenvalue weighted by Gasteiger charge is -2.22. The first-order chi connectivity index (χ1) is 16.0. The lowest BCUT2D eigenvalue weighted by molar-refractivity contribution is 0.100. The molecule has 5 heteroatoms. The maximum absolute atomic E-state index is 12.3. The topological polar surface area (TPSA) is 62.5 Å². The Morgan fingerprint density at radius 2 is 1.62 bits per heavy atom. The molecule has 0 atom stereocenters. The van der Waals surface area contributed by atoms with E-state index in [4.69, 9.17) is 10.2 Å². The summed E-state index contributed by atoms with van der Waals surface area (Å²) in [5, 5.41) is 2.08. The van der Waals surface area contributed by atoms with Gasteiger partial charge in [-0.3, -0.25) is 4.79 Å². The summed E-state index contributed by atoms with van der Waals surface area (Å²) in [6.45, 7) is 12.3. The monoisotopic (exact) mass is 457 g/mol. The number of carbonyl (C=O) groups excluding carboxylic acids is 1. The summed E-state index contributed by atoms with van der Waals surface area (Å²) in [4.78, 5) is 14.6. The van der Waals surface area contributed by atoms with Gasteiger partial charge >= 0.3 is 0 Å². The fraction of sp³-hybridized carbons (Fsp3) is 0.276. The number of primary amides is 1. The van der Waals surface area contributed by atoms with E-state index in [1.807, 2.05) is 18.2 Å². The lowest BCUT2D eigenvalue weighted by Crippen LogP contribution is -2.29. The molecule has 0 radical (unpaired) electrons. The van der Waals surface area contributed by atoms with Gasteiger partial charge in [0.2, 0.25) is 11.3 Å². The molecule has 0 aromatic heterocycles. The predicted molar refractivity (Wildman–Crippen MR) is 143 cm³/mol. The zero-order valence-corrected chi connectivity index (χ0v) is 20.9. The molecule has 34 heavy (non-hydrogen) atoms. The highest BCUT2D eigenvalue weighted by molar-refractivity contribution is 6.09. The molecule has 2 aliphatic rings. The normalized spacial score (nSPS) is 10.8. The van der Waals surface area contributed by atoms with Gasteiger partial charge in [-0.1, -0.05) is 18.2 Å². The summed E-state index contributed by atoms with van der Waals surface area (Å²) in [7, 11) is 0. The van der Waals surface area contributed by atoms with Gasteiger partial charge in [-0.25, -0.2) is 4.58 Å². The van der Waals surface area contributed by atoms with Gasteiger partial charge < -0.3 is 22.5 Å². The predicted octanol–water partition coefficient (Wildman–Crippen LogP) is 5.41. The summed E-state index contributed by atoms with van der Waals surface area (Å²) in [6.07, 6.45) is 0. The second-order valence-corrected chi connectivity index (χ2v) is 8.09. The van der Waals surface area contributed by atoms with Gasteiger partial charge in [0.1, 0.15) is 24.4 Å². The Morgan fingerprint density at radius 3 is 2.26 bits per heavy atom. The summed E-state index contributed by atoms with van der Waals surface area (Å²) in [6, 6.07) is 20.2. The number of nitrogens with two attached hydrogens (primary N) is 1. The Kier molecular flexibility index (Phi) is 7.77. The average molecular weight is 458 g/mol. The number of nitrogens with zero attached hydrogens (tertiary/aromatic N) is 2. The standard InChI is InChI=1S/C28H31N3O2.CH3/c1-5-30(6-2)19-13-15-23-25(17-19)33-26-18-20(31(7-3)8-4)14-16-24(26)27(23)21-11-9-10-12-22(21)28(29)32;/h9-18H,5-8H2,1-4H3,(H-,29,32);1H3/q;-1/p+1. The molecular formula is C29H35N3O2. The maximum Gasteiger partial charge on any atom is 0.249 e. The van der Waals surface area contributed by atoms with Crippen LogP contribution in [0.15, 0.2) is 65.1 Å². The van der Waals surface area contributed by atoms with Gasteiger partial charge in [-0.05, 0) is 57.5 Å². The van der Waals surface area contributed by atoms with Crippen LogP contribution in [0.1, 0.15) is 38.1 Å². The van der Waals surface area contributed by atoms with Crippen LogP contribution in [0.5, 0.6) is 0 Å². The number of hydrogen-bond acceptors (Lipinski definition) is 3. The van der Waals surface area contributed by atoms with Crippen molar-refractivity contribution in [3.8, 4) is 22.5 Å². The highest BCUT2D eigenvalue weighted by Crippen LogP contribution is 2.41. The number of amides is 1. The number of hydrogen-bond donors (Lipinski definition) is 1. The molecule has 1 heterocycles. The Hall–Kier alpha value is -3.60. The van der Waals surface area contributed by atoms with Crippen molar-refractivity contribution in [2.75, 3.05) is 31.1 Å². The number of benzene rings is 3. The van der Waals surface area contributed by atoms with Crippen molar-refractivity contribution in [1.29, 1.82) is 0 Å². The number of rotatable bonds is 7. The summed E-state index contributed by atoms with van der Waals surface area (Å²) in [5.41, 5.74) is 10.9. The Bertz CT molecular complexity index is 1340. The molecule has 0 saturated carbocycles. The fourth-order valence-corrected chi connectivity index (χ4v) is 4.64. The van der Waals surface area contributed by atoms with Crippen LogP contribution in [-0.4, -0.2) is 32.1 Å². The third-order valence-corrected chi connectivity index (χ3v) is 6.41. The average Bonchev–Trinajstić information content (AvgIpc) is 2.84. The molecule has 0 saturated heterocycles. The SMILES string of the molecule is CCN(CC)c1ccc2c(-c3ccccc3C(N)=O)c3ccc(=[N+](CC)CC)cc-3oc2c1.[CH3-]. The van der Waals surface area contributed by atoms with E-state index in [2.05, 4.69) is 73.6 Å². The van der Waals surface area contributed by atoms with E-state index in [0.717, 1.165) is 70.6 Å². The Balaban J connectivity index is 0.00000324. The maximum atomic E-state index is 12.3. The molecule has 1 amide bonds. The molecule has 0 spiro atoms. The molecule has 2 aromatic rings. The minimum Gasteiger partial charge on any atom is -0.456 e. The van der Waals surface area contributed by atoms with Gasteiger partial charge in [-0.2, -0.15) is 0 Å². The largest absolute Gasteiger partial charge is 0.456 e. The first-order valence-corrected chi connectivity index (χ1v) is 11.7. The molecule has 1 aliphatic carbocycles. The molecular weight excluding hydrogens is 422 g/mol. The van der Waals surface area contributed by atoms with Crippen LogP contribution in [0.2, 0.25) is 0 Å². The molecule has 2 aromatic carbocycles. The van der Waals surface area contributed by atoms with Crippen molar-refractivity contribution in [2.24, 2.45) is 5.73 Å². The second-order valence-electron chi connectivity index (χ2n) is 8.09. The Labute approximate surface area is 202 Å². The van der Waals surface area contributed by atoms with Gasteiger partial charge in [0, 0.05) is 53.0 Å². The van der Waals surface area contributed by atoms with Crippen molar-refractivity contribution in [2.45, 2.75) is 27.7 Å². The van der Waals surface area contributed by atoms with E-state index >= 15 is 0 Å². The van der Waals surface area contributed by atoms with E-state index < -0.39 is 5.91 Å². The van der Waals surface area contributed by atoms with E-state index in [0.29, 0.717) is 5.56 Å². The minimum absolute atomic E-state index is 0. The zero-order chi connectivity index (χ0) is 23.5. The molecule has 0 bridgehead atoms. The van der Waals surface area contributed by atoms with Crippen LogP contribution in [-0.2, 0) is 0 Å². The van der Waals surface area contributed by atoms with E-state index in [-0.39, 0.29) is 7.43 Å². The minimum atomic E-state index is -0.438. The van der Waals surface area contributed by atoms with Crippen LogP contribution in [0.25, 0.3) is 33.4 Å². The number of carbonyl (C=O) groups is 1. The van der Waals surface area contributed by atoms with Gasteiger partial charge in [-0.15, -0.1) is 0 Å². The number of anilines is 1.